The Bertz CT molecular complexity index is 601. The van der Waals surface area contributed by atoms with Crippen LogP contribution in [0.2, 0.25) is 0 Å². The molecule has 4 heteroatoms. The molecule has 1 aromatic rings. The number of piperidine rings is 1. The Morgan fingerprint density at radius 2 is 1.88 bits per heavy atom. The zero-order chi connectivity index (χ0) is 17.8. The average molecular weight is 342 g/mol. The second-order valence-electron chi connectivity index (χ2n) is 7.38. The van der Waals surface area contributed by atoms with E-state index in [1.165, 1.54) is 6.42 Å². The van der Waals surface area contributed by atoms with Crippen LogP contribution in [0.25, 0.3) is 0 Å². The van der Waals surface area contributed by atoms with E-state index in [9.17, 15) is 9.59 Å². The Kier molecular flexibility index (Phi) is 5.77. The topological polar surface area (TPSA) is 40.6 Å². The molecule has 2 aliphatic rings. The maximum absolute atomic E-state index is 12.9. The Labute approximate surface area is 151 Å². The predicted octanol–water partition coefficient (Wildman–Crippen LogP) is 3.46. The van der Waals surface area contributed by atoms with E-state index in [0.29, 0.717) is 19.1 Å². The molecule has 1 heterocycles. The summed E-state index contributed by atoms with van der Waals surface area (Å²) in [7, 11) is 0. The third-order valence-electron chi connectivity index (χ3n) is 5.72. The molecule has 0 radical (unpaired) electrons. The fourth-order valence-electron chi connectivity index (χ4n) is 4.05. The molecule has 3 rings (SSSR count). The summed E-state index contributed by atoms with van der Waals surface area (Å²) >= 11 is 0. The Balaban J connectivity index is 1.59. The summed E-state index contributed by atoms with van der Waals surface area (Å²) in [6.07, 6.45) is 5.18. The highest BCUT2D eigenvalue weighted by atomic mass is 16.2. The summed E-state index contributed by atoms with van der Waals surface area (Å²) in [4.78, 5) is 29.7. The van der Waals surface area contributed by atoms with Gasteiger partial charge in [-0.25, -0.2) is 0 Å². The van der Waals surface area contributed by atoms with Crippen LogP contribution in [0.4, 0.5) is 0 Å². The molecule has 2 fully saturated rings. The van der Waals surface area contributed by atoms with Crippen LogP contribution in [0.3, 0.4) is 0 Å². The van der Waals surface area contributed by atoms with Gasteiger partial charge in [0.05, 0.1) is 11.8 Å². The average Bonchev–Trinajstić information content (AvgIpc) is 3.46. The monoisotopic (exact) mass is 342 g/mol. The molecule has 136 valence electrons. The van der Waals surface area contributed by atoms with Gasteiger partial charge in [0.1, 0.15) is 0 Å². The third-order valence-corrected chi connectivity index (χ3v) is 5.72. The van der Waals surface area contributed by atoms with Crippen LogP contribution < -0.4 is 0 Å². The van der Waals surface area contributed by atoms with Gasteiger partial charge >= 0.3 is 0 Å². The van der Waals surface area contributed by atoms with Crippen LogP contribution in [-0.2, 0) is 16.1 Å². The smallest absolute Gasteiger partial charge is 0.226 e. The number of hydrogen-bond donors (Lipinski definition) is 0. The van der Waals surface area contributed by atoms with E-state index >= 15 is 0 Å². The van der Waals surface area contributed by atoms with Crippen LogP contribution in [0.5, 0.6) is 0 Å². The Morgan fingerprint density at radius 1 is 1.12 bits per heavy atom. The highest BCUT2D eigenvalue weighted by Gasteiger charge is 2.51. The van der Waals surface area contributed by atoms with Crippen LogP contribution >= 0.6 is 0 Å². The lowest BCUT2D eigenvalue weighted by Crippen LogP contribution is -2.45. The fourth-order valence-corrected chi connectivity index (χ4v) is 4.05. The highest BCUT2D eigenvalue weighted by Crippen LogP contribution is 2.42. The van der Waals surface area contributed by atoms with Gasteiger partial charge in [0.2, 0.25) is 11.8 Å². The lowest BCUT2D eigenvalue weighted by atomic mass is 9.99. The molecular formula is C21H30N2O2. The van der Waals surface area contributed by atoms with Gasteiger partial charge in [-0.05, 0) is 44.6 Å². The van der Waals surface area contributed by atoms with Gasteiger partial charge in [-0.1, -0.05) is 37.3 Å². The maximum atomic E-state index is 12.9. The van der Waals surface area contributed by atoms with Crippen LogP contribution in [-0.4, -0.2) is 40.7 Å². The van der Waals surface area contributed by atoms with E-state index in [2.05, 4.69) is 11.8 Å². The van der Waals surface area contributed by atoms with Crippen LogP contribution in [0.1, 0.15) is 51.5 Å². The van der Waals surface area contributed by atoms with Gasteiger partial charge in [-0.15, -0.1) is 0 Å². The first-order valence-electron chi connectivity index (χ1n) is 9.78. The molecule has 0 aromatic heterocycles. The lowest BCUT2D eigenvalue weighted by molar-refractivity contribution is -0.140. The molecule has 0 N–H and O–H groups in total. The number of rotatable bonds is 6. The number of carbonyl (C=O) groups is 2. The van der Waals surface area contributed by atoms with Gasteiger partial charge < -0.3 is 9.80 Å². The number of nitrogens with zero attached hydrogens (tertiary/aromatic N) is 2. The van der Waals surface area contributed by atoms with E-state index in [0.717, 1.165) is 37.8 Å². The van der Waals surface area contributed by atoms with Gasteiger partial charge in [-0.3, -0.25) is 9.59 Å². The Morgan fingerprint density at radius 3 is 2.56 bits per heavy atom. The van der Waals surface area contributed by atoms with Crippen molar-refractivity contribution in [2.45, 2.75) is 58.5 Å². The summed E-state index contributed by atoms with van der Waals surface area (Å²) in [6, 6.07) is 10.5. The molecule has 1 aliphatic heterocycles. The second kappa shape index (κ2) is 8.03. The molecular weight excluding hydrogens is 312 g/mol. The standard InChI is InChI=1S/C21H30N2O2/c1-3-17-12-8-9-13-23(17)21(25)19-14-18(19)20(24)22(4-2)15-16-10-6-5-7-11-16/h5-7,10-11,17-19H,3-4,8-9,12-15H2,1-2H3. The van der Waals surface area contributed by atoms with Crippen molar-refractivity contribution in [3.63, 3.8) is 0 Å². The first-order valence-corrected chi connectivity index (χ1v) is 9.78. The van der Waals surface area contributed by atoms with E-state index in [1.807, 2.05) is 42.2 Å². The Hall–Kier alpha value is -1.84. The molecule has 1 saturated heterocycles. The fraction of sp³-hybridized carbons (Fsp3) is 0.619. The van der Waals surface area contributed by atoms with E-state index in [-0.39, 0.29) is 23.7 Å². The number of likely N-dealkylation sites (tertiary alicyclic amines) is 1. The van der Waals surface area contributed by atoms with Crippen molar-refractivity contribution < 1.29 is 9.59 Å². The lowest BCUT2D eigenvalue weighted by Gasteiger charge is -2.35. The zero-order valence-electron chi connectivity index (χ0n) is 15.5. The first kappa shape index (κ1) is 18.0. The van der Waals surface area contributed by atoms with Crippen molar-refractivity contribution in [3.8, 4) is 0 Å². The van der Waals surface area contributed by atoms with Gasteiger partial charge in [0.25, 0.3) is 0 Å². The molecule has 0 spiro atoms. The highest BCUT2D eigenvalue weighted by molar-refractivity contribution is 5.92. The molecule has 4 nitrogen and oxygen atoms in total. The van der Waals surface area contributed by atoms with Crippen molar-refractivity contribution in [2.75, 3.05) is 13.1 Å². The van der Waals surface area contributed by atoms with Crippen molar-refractivity contribution >= 4 is 11.8 Å². The van der Waals surface area contributed by atoms with Crippen molar-refractivity contribution in [1.82, 2.24) is 9.80 Å². The molecule has 0 bridgehead atoms. The molecule has 3 atom stereocenters. The summed E-state index contributed by atoms with van der Waals surface area (Å²) in [6.45, 7) is 6.36. The van der Waals surface area contributed by atoms with E-state index in [4.69, 9.17) is 0 Å². The van der Waals surface area contributed by atoms with E-state index in [1.54, 1.807) is 0 Å². The zero-order valence-corrected chi connectivity index (χ0v) is 15.5. The molecule has 1 saturated carbocycles. The number of benzene rings is 1. The number of carbonyl (C=O) groups excluding carboxylic acids is 2. The van der Waals surface area contributed by atoms with Crippen molar-refractivity contribution in [3.05, 3.63) is 35.9 Å². The summed E-state index contributed by atoms with van der Waals surface area (Å²) in [5.41, 5.74) is 1.14. The third kappa shape index (κ3) is 4.05. The second-order valence-corrected chi connectivity index (χ2v) is 7.38. The summed E-state index contributed by atoms with van der Waals surface area (Å²) in [5, 5.41) is 0. The SMILES string of the molecule is CCC1CCCCN1C(=O)C1CC1C(=O)N(CC)Cc1ccccc1. The van der Waals surface area contributed by atoms with Crippen LogP contribution in [0.15, 0.2) is 30.3 Å². The minimum Gasteiger partial charge on any atom is -0.339 e. The van der Waals surface area contributed by atoms with Gasteiger partial charge in [-0.2, -0.15) is 0 Å². The summed E-state index contributed by atoms with van der Waals surface area (Å²) in [5.74, 6) is 0.190. The quantitative estimate of drug-likeness (QED) is 0.794. The van der Waals surface area contributed by atoms with E-state index < -0.39 is 0 Å². The number of amides is 2. The van der Waals surface area contributed by atoms with Crippen LogP contribution in [0, 0.1) is 11.8 Å². The molecule has 25 heavy (non-hydrogen) atoms. The minimum atomic E-state index is -0.101. The molecule has 2 amide bonds. The number of hydrogen-bond acceptors (Lipinski definition) is 2. The minimum absolute atomic E-state index is 0.0792. The van der Waals surface area contributed by atoms with Crippen molar-refractivity contribution in [1.29, 1.82) is 0 Å². The largest absolute Gasteiger partial charge is 0.339 e. The first-order chi connectivity index (χ1) is 12.2. The van der Waals surface area contributed by atoms with Crippen molar-refractivity contribution in [2.24, 2.45) is 11.8 Å². The normalized spacial score (nSPS) is 25.5. The molecule has 1 aromatic carbocycles. The molecule has 3 unspecified atom stereocenters. The predicted molar refractivity (Wildman–Crippen MR) is 98.8 cm³/mol. The molecule has 1 aliphatic carbocycles. The summed E-state index contributed by atoms with van der Waals surface area (Å²) < 4.78 is 0. The maximum Gasteiger partial charge on any atom is 0.226 e. The van der Waals surface area contributed by atoms with Gasteiger partial charge in [0.15, 0.2) is 0 Å². The van der Waals surface area contributed by atoms with Gasteiger partial charge in [0, 0.05) is 25.7 Å².